The van der Waals surface area contributed by atoms with Crippen molar-refractivity contribution >= 4 is 28.7 Å². The van der Waals surface area contributed by atoms with Crippen LogP contribution in [0.4, 0.5) is 11.6 Å². The summed E-state index contributed by atoms with van der Waals surface area (Å²) in [6, 6.07) is 0.189. The van der Waals surface area contributed by atoms with E-state index in [2.05, 4.69) is 30.6 Å². The highest BCUT2D eigenvalue weighted by molar-refractivity contribution is 6.11. The maximum absolute atomic E-state index is 13.2. The minimum Gasteiger partial charge on any atom is -0.492 e. The fourth-order valence-corrected chi connectivity index (χ4v) is 6.34. The summed E-state index contributed by atoms with van der Waals surface area (Å²) < 4.78 is 1.54. The zero-order valence-electron chi connectivity index (χ0n) is 17.2. The number of imidazole rings is 2. The lowest BCUT2D eigenvalue weighted by atomic mass is 9.52. The second kappa shape index (κ2) is 6.43. The molecule has 31 heavy (non-hydrogen) atoms. The van der Waals surface area contributed by atoms with Crippen LogP contribution in [-0.4, -0.2) is 52.3 Å². The highest BCUT2D eigenvalue weighted by atomic mass is 16.3. The van der Waals surface area contributed by atoms with Gasteiger partial charge >= 0.3 is 0 Å². The maximum atomic E-state index is 13.2. The monoisotopic (exact) mass is 423 g/mol. The molecule has 3 aromatic rings. The van der Waals surface area contributed by atoms with Crippen LogP contribution in [0.3, 0.4) is 0 Å². The molecule has 0 saturated heterocycles. The highest BCUT2D eigenvalue weighted by Gasteiger charge is 2.54. The van der Waals surface area contributed by atoms with E-state index in [0.717, 1.165) is 32.1 Å². The number of H-pyrrole nitrogens is 1. The van der Waals surface area contributed by atoms with Crippen LogP contribution in [0.5, 0.6) is 5.88 Å². The van der Waals surface area contributed by atoms with Gasteiger partial charge in [-0.15, -0.1) is 0 Å². The van der Waals surface area contributed by atoms with E-state index in [1.54, 1.807) is 17.9 Å². The van der Waals surface area contributed by atoms with Gasteiger partial charge in [-0.05, 0) is 49.9 Å². The van der Waals surface area contributed by atoms with Crippen LogP contribution in [0, 0.1) is 17.8 Å². The topological polar surface area (TPSA) is 141 Å². The zero-order chi connectivity index (χ0) is 21.3. The molecule has 4 fully saturated rings. The van der Waals surface area contributed by atoms with E-state index in [9.17, 15) is 15.0 Å². The first-order valence-electron chi connectivity index (χ1n) is 10.7. The van der Waals surface area contributed by atoms with Gasteiger partial charge in [0.25, 0.3) is 5.91 Å². The van der Waals surface area contributed by atoms with Gasteiger partial charge < -0.3 is 25.1 Å². The van der Waals surface area contributed by atoms with Gasteiger partial charge in [-0.2, -0.15) is 4.98 Å². The lowest BCUT2D eigenvalue weighted by Gasteiger charge is -2.58. The average molecular weight is 423 g/mol. The van der Waals surface area contributed by atoms with E-state index in [4.69, 9.17) is 0 Å². The fourth-order valence-electron chi connectivity index (χ4n) is 6.34. The van der Waals surface area contributed by atoms with E-state index in [1.807, 2.05) is 0 Å². The number of hydrogen-bond donors (Lipinski definition) is 5. The average Bonchev–Trinajstić information content (AvgIpc) is 3.29. The van der Waals surface area contributed by atoms with Crippen molar-refractivity contribution in [3.05, 3.63) is 24.3 Å². The third-order valence-electron chi connectivity index (χ3n) is 7.34. The summed E-state index contributed by atoms with van der Waals surface area (Å²) in [4.78, 5) is 28.8. The molecule has 0 spiro atoms. The molecular weight excluding hydrogens is 398 g/mol. The van der Waals surface area contributed by atoms with Crippen LogP contribution in [0.2, 0.25) is 0 Å². The molecule has 3 aromatic heterocycles. The highest BCUT2D eigenvalue weighted by Crippen LogP contribution is 2.56. The molecule has 4 bridgehead atoms. The summed E-state index contributed by atoms with van der Waals surface area (Å²) in [5.74, 6) is 1.07. The molecule has 10 heteroatoms. The summed E-state index contributed by atoms with van der Waals surface area (Å²) >= 11 is 0. The van der Waals surface area contributed by atoms with Crippen molar-refractivity contribution in [3.8, 4) is 5.88 Å². The quantitative estimate of drug-likeness (QED) is 0.432. The van der Waals surface area contributed by atoms with Crippen molar-refractivity contribution in [2.24, 2.45) is 24.8 Å². The number of rotatable bonds is 4. The number of aryl methyl sites for hydroxylation is 1. The maximum Gasteiger partial charge on any atom is 0.261 e. The Morgan fingerprint density at radius 1 is 1.26 bits per heavy atom. The molecule has 4 aliphatic rings. The normalized spacial score (nSPS) is 31.3. The minimum absolute atomic E-state index is 0.162. The van der Waals surface area contributed by atoms with Gasteiger partial charge in [-0.25, -0.2) is 9.97 Å². The Morgan fingerprint density at radius 2 is 2.03 bits per heavy atom. The number of aliphatic hydroxyl groups is 1. The summed E-state index contributed by atoms with van der Waals surface area (Å²) in [7, 11) is 1.69. The second-order valence-corrected chi connectivity index (χ2v) is 9.50. The standard InChI is InChI=1S/C21H25N7O3/c1-28-8-14(29)25-20(28)27-19(30)13-7-22-18-17(23-9-24-18)16(13)26-15-11-2-10-3-12(15)6-21(31,4-10)5-11/h7-12,15,29,31H,2-6H2,1H3,(H,25,27,30)(H2,22,23,24,26)/t10?,11-,12+,15?,21?. The number of amides is 1. The predicted molar refractivity (Wildman–Crippen MR) is 113 cm³/mol. The van der Waals surface area contributed by atoms with Gasteiger partial charge in [-0.3, -0.25) is 10.1 Å². The Balaban J connectivity index is 1.35. The van der Waals surface area contributed by atoms with E-state index >= 15 is 0 Å². The number of aromatic amines is 1. The first-order valence-corrected chi connectivity index (χ1v) is 10.7. The first-order chi connectivity index (χ1) is 14.9. The van der Waals surface area contributed by atoms with Crippen LogP contribution in [0.1, 0.15) is 42.5 Å². The Hall–Kier alpha value is -3.14. The van der Waals surface area contributed by atoms with E-state index in [1.165, 1.54) is 12.4 Å². The summed E-state index contributed by atoms with van der Waals surface area (Å²) in [6.45, 7) is 0. The van der Waals surface area contributed by atoms with Gasteiger partial charge in [0.1, 0.15) is 5.52 Å². The molecule has 7 rings (SSSR count). The number of aromatic nitrogens is 5. The van der Waals surface area contributed by atoms with Crippen LogP contribution >= 0.6 is 0 Å². The third kappa shape index (κ3) is 2.96. The van der Waals surface area contributed by atoms with Gasteiger partial charge in [0, 0.05) is 19.3 Å². The molecule has 1 amide bonds. The molecule has 5 atom stereocenters. The molecule has 162 valence electrons. The first kappa shape index (κ1) is 18.6. The van der Waals surface area contributed by atoms with Crippen molar-refractivity contribution in [2.75, 3.05) is 10.6 Å². The molecule has 0 radical (unpaired) electrons. The van der Waals surface area contributed by atoms with Crippen LogP contribution in [0.25, 0.3) is 11.2 Å². The van der Waals surface area contributed by atoms with Gasteiger partial charge in [0.05, 0.1) is 29.4 Å². The Labute approximate surface area is 178 Å². The number of hydrogen-bond acceptors (Lipinski definition) is 7. The Bertz CT molecular complexity index is 1170. The van der Waals surface area contributed by atoms with Gasteiger partial charge in [0.2, 0.25) is 11.8 Å². The second-order valence-electron chi connectivity index (χ2n) is 9.50. The lowest BCUT2D eigenvalue weighted by Crippen LogP contribution is -2.59. The smallest absolute Gasteiger partial charge is 0.261 e. The van der Waals surface area contributed by atoms with Crippen LogP contribution in [0.15, 0.2) is 18.7 Å². The SMILES string of the molecule is Cn1cc(O)nc1NC(=O)c1cnc2nc[nH]c2c1NC1[C@@H]2CC3C[C@H]1CC(O)(C3)C2. The number of nitrogens with one attached hydrogen (secondary N) is 3. The molecule has 4 aliphatic carbocycles. The molecule has 10 nitrogen and oxygen atoms in total. The predicted octanol–water partition coefficient (Wildman–Crippen LogP) is 2.00. The number of carbonyl (C=O) groups is 1. The third-order valence-corrected chi connectivity index (χ3v) is 7.34. The van der Waals surface area contributed by atoms with Crippen molar-refractivity contribution in [1.29, 1.82) is 0 Å². The molecule has 5 N–H and O–H groups in total. The van der Waals surface area contributed by atoms with Crippen LogP contribution < -0.4 is 10.6 Å². The molecule has 3 heterocycles. The summed E-state index contributed by atoms with van der Waals surface area (Å²) in [5.41, 5.74) is 1.75. The van der Waals surface area contributed by atoms with E-state index in [-0.39, 0.29) is 23.8 Å². The van der Waals surface area contributed by atoms with Gasteiger partial charge in [0.15, 0.2) is 5.65 Å². The van der Waals surface area contributed by atoms with E-state index in [0.29, 0.717) is 40.2 Å². The molecule has 3 unspecified atom stereocenters. The molecular formula is C21H25N7O3. The fraction of sp³-hybridized carbons (Fsp3) is 0.524. The summed E-state index contributed by atoms with van der Waals surface area (Å²) in [5, 5.41) is 26.9. The number of anilines is 2. The van der Waals surface area contributed by atoms with E-state index < -0.39 is 5.60 Å². The number of pyridine rings is 1. The molecule has 4 saturated carbocycles. The van der Waals surface area contributed by atoms with Crippen molar-refractivity contribution in [2.45, 2.75) is 43.7 Å². The Morgan fingerprint density at radius 3 is 2.71 bits per heavy atom. The lowest BCUT2D eigenvalue weighted by molar-refractivity contribution is -0.129. The molecule has 0 aromatic carbocycles. The van der Waals surface area contributed by atoms with Crippen LogP contribution in [-0.2, 0) is 7.05 Å². The van der Waals surface area contributed by atoms with Crippen molar-refractivity contribution in [3.63, 3.8) is 0 Å². The largest absolute Gasteiger partial charge is 0.492 e. The van der Waals surface area contributed by atoms with Crippen molar-refractivity contribution < 1.29 is 15.0 Å². The number of fused-ring (bicyclic) bond motifs is 1. The zero-order valence-corrected chi connectivity index (χ0v) is 17.2. The minimum atomic E-state index is -0.517. The number of nitrogens with zero attached hydrogens (tertiary/aromatic N) is 4. The molecule has 0 aliphatic heterocycles. The summed E-state index contributed by atoms with van der Waals surface area (Å²) in [6.07, 6.45) is 9.28. The van der Waals surface area contributed by atoms with Gasteiger partial charge in [-0.1, -0.05) is 0 Å². The van der Waals surface area contributed by atoms with Crippen molar-refractivity contribution in [1.82, 2.24) is 24.5 Å². The number of carbonyl (C=O) groups excluding carboxylic acids is 1. The number of aromatic hydroxyl groups is 1. The Kier molecular flexibility index (Phi) is 3.86.